The van der Waals surface area contributed by atoms with E-state index in [1.807, 2.05) is 72.4 Å². The lowest BCUT2D eigenvalue weighted by molar-refractivity contribution is -0.142. The van der Waals surface area contributed by atoms with Gasteiger partial charge in [-0.1, -0.05) is 60.2 Å². The van der Waals surface area contributed by atoms with Gasteiger partial charge < -0.3 is 4.74 Å². The molecule has 1 heterocycles. The Balaban J connectivity index is 1.88. The molecule has 0 bridgehead atoms. The Kier molecular flexibility index (Phi) is 6.17. The highest BCUT2D eigenvalue weighted by atomic mass is 16.5. The fourth-order valence-electron chi connectivity index (χ4n) is 2.72. The molecule has 1 aromatic heterocycles. The number of ketones is 1. The molecule has 0 amide bonds. The molecule has 5 heteroatoms. The molecule has 0 radical (unpaired) electrons. The highest BCUT2D eigenvalue weighted by Crippen LogP contribution is 2.24. The minimum atomic E-state index is -0.555. The molecule has 0 aliphatic heterocycles. The first kappa shape index (κ1) is 19.3. The van der Waals surface area contributed by atoms with Gasteiger partial charge >= 0.3 is 5.97 Å². The van der Waals surface area contributed by atoms with E-state index in [9.17, 15) is 9.59 Å². The van der Waals surface area contributed by atoms with Crippen LogP contribution < -0.4 is 0 Å². The van der Waals surface area contributed by atoms with Crippen LogP contribution in [0.25, 0.3) is 17.3 Å². The van der Waals surface area contributed by atoms with Crippen molar-refractivity contribution >= 4 is 17.8 Å². The number of Topliss-reactive ketones (excluding diaryl/α,β-unsaturated/α-hetero) is 1. The number of ether oxygens (including phenoxy) is 1. The van der Waals surface area contributed by atoms with Crippen LogP contribution in [0.15, 0.2) is 66.9 Å². The summed E-state index contributed by atoms with van der Waals surface area (Å²) >= 11 is 0. The Bertz CT molecular complexity index is 986. The smallest absolute Gasteiger partial charge is 0.331 e. The predicted octanol–water partition coefficient (Wildman–Crippen LogP) is 4.05. The van der Waals surface area contributed by atoms with Gasteiger partial charge in [-0.2, -0.15) is 5.10 Å². The average Bonchev–Trinajstić information content (AvgIpc) is 3.08. The first-order valence-corrected chi connectivity index (χ1v) is 9.04. The van der Waals surface area contributed by atoms with Crippen LogP contribution in [0.4, 0.5) is 0 Å². The Morgan fingerprint density at radius 1 is 1.07 bits per heavy atom. The maximum atomic E-state index is 11.8. The topological polar surface area (TPSA) is 61.2 Å². The molecule has 142 valence electrons. The summed E-state index contributed by atoms with van der Waals surface area (Å²) in [5, 5.41) is 4.72. The number of esters is 1. The van der Waals surface area contributed by atoms with E-state index in [1.165, 1.54) is 13.0 Å². The van der Waals surface area contributed by atoms with Crippen LogP contribution in [0.2, 0.25) is 0 Å². The number of hydrogen-bond acceptors (Lipinski definition) is 4. The fourth-order valence-corrected chi connectivity index (χ4v) is 2.72. The largest absolute Gasteiger partial charge is 0.455 e. The van der Waals surface area contributed by atoms with Crippen molar-refractivity contribution in [1.82, 2.24) is 9.78 Å². The standard InChI is InChI=1S/C23H22N2O3/c1-17-8-10-20(11-9-17)23-21(12-13-22(27)28-16-18(2)26)15-25(24-23)14-19-6-4-3-5-7-19/h3-13,15H,14,16H2,1-2H3/b13-12+. The van der Waals surface area contributed by atoms with Crippen molar-refractivity contribution in [3.8, 4) is 11.3 Å². The van der Waals surface area contributed by atoms with Crippen molar-refractivity contribution in [1.29, 1.82) is 0 Å². The van der Waals surface area contributed by atoms with Gasteiger partial charge in [-0.25, -0.2) is 4.79 Å². The first-order valence-electron chi connectivity index (χ1n) is 9.04. The summed E-state index contributed by atoms with van der Waals surface area (Å²) in [5.74, 6) is -0.751. The Hall–Kier alpha value is -3.47. The Morgan fingerprint density at radius 3 is 2.46 bits per heavy atom. The van der Waals surface area contributed by atoms with Gasteiger partial charge in [-0.3, -0.25) is 9.48 Å². The number of carbonyl (C=O) groups excluding carboxylic acids is 2. The second-order valence-electron chi connectivity index (χ2n) is 6.63. The normalized spacial score (nSPS) is 10.9. The van der Waals surface area contributed by atoms with Gasteiger partial charge in [-0.15, -0.1) is 0 Å². The van der Waals surface area contributed by atoms with Crippen LogP contribution in [0.1, 0.15) is 23.6 Å². The van der Waals surface area contributed by atoms with Gasteiger partial charge in [0.15, 0.2) is 5.78 Å². The summed E-state index contributed by atoms with van der Waals surface area (Å²) in [6.07, 6.45) is 4.90. The number of aryl methyl sites for hydroxylation is 1. The predicted molar refractivity (Wildman–Crippen MR) is 109 cm³/mol. The van der Waals surface area contributed by atoms with E-state index in [2.05, 4.69) is 0 Å². The molecule has 2 aromatic carbocycles. The van der Waals surface area contributed by atoms with Gasteiger partial charge in [0.25, 0.3) is 0 Å². The second-order valence-corrected chi connectivity index (χ2v) is 6.63. The third-order valence-corrected chi connectivity index (χ3v) is 4.12. The zero-order valence-corrected chi connectivity index (χ0v) is 16.0. The molecule has 0 unspecified atom stereocenters. The Morgan fingerprint density at radius 2 is 1.79 bits per heavy atom. The third-order valence-electron chi connectivity index (χ3n) is 4.12. The van der Waals surface area contributed by atoms with Crippen molar-refractivity contribution in [2.45, 2.75) is 20.4 Å². The average molecular weight is 374 g/mol. The van der Waals surface area contributed by atoms with Crippen LogP contribution in [0.3, 0.4) is 0 Å². The quantitative estimate of drug-likeness (QED) is 0.462. The summed E-state index contributed by atoms with van der Waals surface area (Å²) in [5.41, 5.74) is 4.86. The highest BCUT2D eigenvalue weighted by Gasteiger charge is 2.10. The van der Waals surface area contributed by atoms with E-state index in [4.69, 9.17) is 9.84 Å². The second kappa shape index (κ2) is 8.95. The van der Waals surface area contributed by atoms with Gasteiger partial charge in [0.2, 0.25) is 0 Å². The molecular weight excluding hydrogens is 352 g/mol. The summed E-state index contributed by atoms with van der Waals surface area (Å²) < 4.78 is 6.74. The van der Waals surface area contributed by atoms with Crippen molar-refractivity contribution in [3.05, 3.63) is 83.6 Å². The van der Waals surface area contributed by atoms with Crippen LogP contribution >= 0.6 is 0 Å². The molecule has 0 aliphatic carbocycles. The molecule has 0 fully saturated rings. The lowest BCUT2D eigenvalue weighted by atomic mass is 10.1. The number of benzene rings is 2. The monoisotopic (exact) mass is 374 g/mol. The van der Waals surface area contributed by atoms with Gasteiger partial charge in [-0.05, 0) is 25.5 Å². The molecule has 5 nitrogen and oxygen atoms in total. The lowest BCUT2D eigenvalue weighted by Crippen LogP contribution is -2.08. The first-order chi connectivity index (χ1) is 13.5. The van der Waals surface area contributed by atoms with Crippen LogP contribution in [-0.4, -0.2) is 28.1 Å². The van der Waals surface area contributed by atoms with E-state index < -0.39 is 5.97 Å². The highest BCUT2D eigenvalue weighted by molar-refractivity contribution is 5.90. The number of aromatic nitrogens is 2. The molecule has 0 saturated carbocycles. The molecule has 0 atom stereocenters. The maximum absolute atomic E-state index is 11.8. The van der Waals surface area contributed by atoms with Crippen molar-refractivity contribution in [3.63, 3.8) is 0 Å². The zero-order valence-electron chi connectivity index (χ0n) is 16.0. The lowest BCUT2D eigenvalue weighted by Gasteiger charge is -2.02. The zero-order chi connectivity index (χ0) is 19.9. The SMILES string of the molecule is CC(=O)COC(=O)/C=C/c1cn(Cc2ccccc2)nc1-c1ccc(C)cc1. The number of rotatable bonds is 7. The molecule has 3 rings (SSSR count). The summed E-state index contributed by atoms with van der Waals surface area (Å²) in [6.45, 7) is 3.81. The molecule has 28 heavy (non-hydrogen) atoms. The van der Waals surface area contributed by atoms with E-state index in [0.29, 0.717) is 6.54 Å². The van der Waals surface area contributed by atoms with Crippen molar-refractivity contribution in [2.75, 3.05) is 6.61 Å². The van der Waals surface area contributed by atoms with E-state index in [0.717, 1.165) is 27.9 Å². The number of carbonyl (C=O) groups is 2. The van der Waals surface area contributed by atoms with Crippen LogP contribution in [0.5, 0.6) is 0 Å². The molecule has 0 spiro atoms. The van der Waals surface area contributed by atoms with Crippen LogP contribution in [-0.2, 0) is 20.9 Å². The molecule has 3 aromatic rings. The van der Waals surface area contributed by atoms with Crippen molar-refractivity contribution < 1.29 is 14.3 Å². The molecule has 0 aliphatic rings. The number of hydrogen-bond donors (Lipinski definition) is 0. The van der Waals surface area contributed by atoms with Gasteiger partial charge in [0, 0.05) is 23.4 Å². The maximum Gasteiger partial charge on any atom is 0.331 e. The van der Waals surface area contributed by atoms with E-state index in [-0.39, 0.29) is 12.4 Å². The van der Waals surface area contributed by atoms with E-state index in [1.54, 1.807) is 6.08 Å². The van der Waals surface area contributed by atoms with Gasteiger partial charge in [0.05, 0.1) is 12.2 Å². The fraction of sp³-hybridized carbons (Fsp3) is 0.174. The summed E-state index contributed by atoms with van der Waals surface area (Å²) in [7, 11) is 0. The Labute approximate surface area is 164 Å². The summed E-state index contributed by atoms with van der Waals surface area (Å²) in [6, 6.07) is 18.1. The van der Waals surface area contributed by atoms with Gasteiger partial charge in [0.1, 0.15) is 6.61 Å². The minimum absolute atomic E-state index is 0.197. The van der Waals surface area contributed by atoms with Crippen molar-refractivity contribution in [2.24, 2.45) is 0 Å². The minimum Gasteiger partial charge on any atom is -0.455 e. The third kappa shape index (κ3) is 5.27. The van der Waals surface area contributed by atoms with Crippen LogP contribution in [0, 0.1) is 6.92 Å². The summed E-state index contributed by atoms with van der Waals surface area (Å²) in [4.78, 5) is 22.8. The van der Waals surface area contributed by atoms with E-state index >= 15 is 0 Å². The molecular formula is C23H22N2O3. The molecule has 0 saturated heterocycles. The molecule has 0 N–H and O–H groups in total. The number of nitrogens with zero attached hydrogens (tertiary/aromatic N) is 2.